The quantitative estimate of drug-likeness (QED) is 0.290. The Morgan fingerprint density at radius 2 is 1.60 bits per heavy atom. The summed E-state index contributed by atoms with van der Waals surface area (Å²) in [4.78, 5) is 11.5. The van der Waals surface area contributed by atoms with Crippen LogP contribution < -0.4 is 4.90 Å². The lowest BCUT2D eigenvalue weighted by molar-refractivity contribution is -0.192. The predicted molar refractivity (Wildman–Crippen MR) is 142 cm³/mol. The molecule has 2 aromatic carbocycles. The summed E-state index contributed by atoms with van der Waals surface area (Å²) in [6.07, 6.45) is -12.5. The van der Waals surface area contributed by atoms with Crippen molar-refractivity contribution in [1.82, 2.24) is 14.9 Å². The molecule has 0 radical (unpaired) electrons. The van der Waals surface area contributed by atoms with Gasteiger partial charge in [0.05, 0.1) is 42.7 Å². The summed E-state index contributed by atoms with van der Waals surface area (Å²) in [5.74, 6) is -0.0360. The Balaban J connectivity index is 1.49. The lowest BCUT2D eigenvalue weighted by atomic mass is 10.0. The Hall–Kier alpha value is -2.91. The van der Waals surface area contributed by atoms with E-state index in [0.29, 0.717) is 62.1 Å². The van der Waals surface area contributed by atoms with Gasteiger partial charge in [-0.2, -0.15) is 26.3 Å². The van der Waals surface area contributed by atoms with Crippen molar-refractivity contribution in [2.45, 2.75) is 44.3 Å². The average Bonchev–Trinajstić information content (AvgIpc) is 3.32. The summed E-state index contributed by atoms with van der Waals surface area (Å²) < 4.78 is 112. The van der Waals surface area contributed by atoms with Gasteiger partial charge in [0.15, 0.2) is 12.1 Å². The maximum atomic E-state index is 13.9. The maximum absolute atomic E-state index is 13.9. The lowest BCUT2D eigenvalue weighted by Crippen LogP contribution is -2.47. The molecule has 2 aliphatic rings. The van der Waals surface area contributed by atoms with E-state index in [9.17, 15) is 30.7 Å². The first-order valence-electron chi connectivity index (χ1n) is 13.4. The number of nitrogens with one attached hydrogen (secondary N) is 1. The third kappa shape index (κ3) is 7.43. The number of benzene rings is 2. The van der Waals surface area contributed by atoms with Crippen molar-refractivity contribution >= 4 is 17.4 Å². The number of aromatic amines is 1. The summed E-state index contributed by atoms with van der Waals surface area (Å²) in [7, 11) is 0. The fraction of sp³-hybridized carbons (Fsp3) is 0.464. The number of morpholine rings is 2. The molecule has 1 N–H and O–H groups in total. The molecule has 3 atom stereocenters. The molecule has 3 unspecified atom stereocenters. The molecule has 5 rings (SSSR count). The van der Waals surface area contributed by atoms with E-state index < -0.39 is 47.7 Å². The van der Waals surface area contributed by atoms with E-state index in [1.807, 2.05) is 4.90 Å². The van der Waals surface area contributed by atoms with Crippen LogP contribution in [0.3, 0.4) is 0 Å². The number of rotatable bonds is 7. The molecule has 0 amide bonds. The number of aromatic nitrogens is 2. The van der Waals surface area contributed by atoms with E-state index in [1.54, 1.807) is 0 Å². The van der Waals surface area contributed by atoms with Crippen LogP contribution in [0.15, 0.2) is 42.5 Å². The lowest BCUT2D eigenvalue weighted by Gasteiger charge is -2.42. The van der Waals surface area contributed by atoms with Crippen LogP contribution >= 0.6 is 11.6 Å². The molecule has 7 nitrogen and oxygen atoms in total. The van der Waals surface area contributed by atoms with Gasteiger partial charge in [-0.15, -0.1) is 0 Å². The second kappa shape index (κ2) is 12.6. The Labute approximate surface area is 247 Å². The molecule has 2 aliphatic heterocycles. The van der Waals surface area contributed by atoms with E-state index in [4.69, 9.17) is 25.8 Å². The Morgan fingerprint density at radius 3 is 2.21 bits per heavy atom. The number of alkyl halides is 6. The molecule has 3 aromatic rings. The summed E-state index contributed by atoms with van der Waals surface area (Å²) in [6, 6.07) is 5.98. The summed E-state index contributed by atoms with van der Waals surface area (Å²) in [6.45, 7) is 4.66. The minimum Gasteiger partial charge on any atom is -0.379 e. The molecule has 0 saturated carbocycles. The summed E-state index contributed by atoms with van der Waals surface area (Å²) in [5.41, 5.74) is -2.03. The normalized spacial score (nSPS) is 21.3. The molecule has 0 spiro atoms. The van der Waals surface area contributed by atoms with Crippen molar-refractivity contribution in [2.75, 3.05) is 44.4 Å². The van der Waals surface area contributed by atoms with Crippen LogP contribution in [-0.2, 0) is 33.1 Å². The average molecular weight is 637 g/mol. The maximum Gasteiger partial charge on any atom is 0.416 e. The molecule has 0 bridgehead atoms. The smallest absolute Gasteiger partial charge is 0.379 e. The van der Waals surface area contributed by atoms with Crippen molar-refractivity contribution in [3.63, 3.8) is 0 Å². The van der Waals surface area contributed by atoms with Crippen molar-refractivity contribution in [1.29, 1.82) is 0 Å². The summed E-state index contributed by atoms with van der Waals surface area (Å²) >= 11 is 6.29. The molecular formula is C28H28ClF7N4O3. The van der Waals surface area contributed by atoms with Crippen LogP contribution in [0.5, 0.6) is 0 Å². The fourth-order valence-corrected chi connectivity index (χ4v) is 5.38. The van der Waals surface area contributed by atoms with Crippen molar-refractivity contribution < 1.29 is 44.9 Å². The molecular weight excluding hydrogens is 609 g/mol. The topological polar surface area (TPSA) is 62.9 Å². The Kier molecular flexibility index (Phi) is 9.23. The van der Waals surface area contributed by atoms with Gasteiger partial charge in [0.25, 0.3) is 0 Å². The molecule has 1 aromatic heterocycles. The highest BCUT2D eigenvalue weighted by atomic mass is 35.5. The van der Waals surface area contributed by atoms with Crippen LogP contribution in [0.1, 0.15) is 47.0 Å². The number of hydrogen-bond acceptors (Lipinski definition) is 6. The van der Waals surface area contributed by atoms with Gasteiger partial charge in [-0.05, 0) is 60.0 Å². The van der Waals surface area contributed by atoms with Gasteiger partial charge >= 0.3 is 12.4 Å². The van der Waals surface area contributed by atoms with Gasteiger partial charge in [0.1, 0.15) is 11.9 Å². The first-order chi connectivity index (χ1) is 20.3. The zero-order valence-electron chi connectivity index (χ0n) is 22.8. The molecule has 15 heteroatoms. The summed E-state index contributed by atoms with van der Waals surface area (Å²) in [5, 5.41) is 0.122. The minimum atomic E-state index is -5.01. The van der Waals surface area contributed by atoms with Crippen molar-refractivity contribution in [2.24, 2.45) is 0 Å². The van der Waals surface area contributed by atoms with E-state index in [1.165, 1.54) is 31.2 Å². The van der Waals surface area contributed by atoms with E-state index in [2.05, 4.69) is 14.9 Å². The van der Waals surface area contributed by atoms with Gasteiger partial charge in [-0.25, -0.2) is 9.37 Å². The minimum absolute atomic E-state index is 0.0632. The first-order valence-corrected chi connectivity index (χ1v) is 13.8. The van der Waals surface area contributed by atoms with Gasteiger partial charge in [-0.3, -0.25) is 4.90 Å². The zero-order valence-corrected chi connectivity index (χ0v) is 23.6. The Morgan fingerprint density at radius 1 is 0.977 bits per heavy atom. The van der Waals surface area contributed by atoms with Gasteiger partial charge < -0.3 is 24.1 Å². The zero-order chi connectivity index (χ0) is 30.9. The third-order valence-corrected chi connectivity index (χ3v) is 7.50. The largest absolute Gasteiger partial charge is 0.416 e. The second-order valence-corrected chi connectivity index (χ2v) is 10.6. The SMILES string of the molecule is CC(OC1OCCN(c2nc(Cl)[nH]c2CN2CCOCC2)C1c1ccc(F)cc1)c1cc(C(F)(F)F)cc(C(F)(F)F)c1. The predicted octanol–water partition coefficient (Wildman–Crippen LogP) is 6.75. The highest BCUT2D eigenvalue weighted by Crippen LogP contribution is 2.41. The van der Waals surface area contributed by atoms with Crippen LogP contribution in [-0.4, -0.2) is 60.6 Å². The molecule has 2 saturated heterocycles. The van der Waals surface area contributed by atoms with Gasteiger partial charge in [-0.1, -0.05) is 12.1 Å². The molecule has 0 aliphatic carbocycles. The molecule has 43 heavy (non-hydrogen) atoms. The van der Waals surface area contributed by atoms with Crippen LogP contribution in [0.2, 0.25) is 5.28 Å². The van der Waals surface area contributed by atoms with Crippen molar-refractivity contribution in [3.05, 3.63) is 81.5 Å². The van der Waals surface area contributed by atoms with E-state index in [-0.39, 0.29) is 30.1 Å². The molecule has 3 heterocycles. The molecule has 234 valence electrons. The third-order valence-electron chi connectivity index (χ3n) is 7.32. The van der Waals surface area contributed by atoms with Crippen LogP contribution in [0, 0.1) is 5.82 Å². The van der Waals surface area contributed by atoms with Gasteiger partial charge in [0.2, 0.25) is 5.28 Å². The van der Waals surface area contributed by atoms with Crippen LogP contribution in [0.25, 0.3) is 0 Å². The molecule has 2 fully saturated rings. The highest BCUT2D eigenvalue weighted by Gasteiger charge is 2.40. The highest BCUT2D eigenvalue weighted by molar-refractivity contribution is 6.28. The number of hydrogen-bond donors (Lipinski definition) is 1. The number of ether oxygens (including phenoxy) is 3. The second-order valence-electron chi connectivity index (χ2n) is 10.3. The fourth-order valence-electron chi connectivity index (χ4n) is 5.19. The number of halogens is 8. The van der Waals surface area contributed by atoms with Crippen molar-refractivity contribution in [3.8, 4) is 0 Å². The number of H-pyrrole nitrogens is 1. The van der Waals surface area contributed by atoms with E-state index >= 15 is 0 Å². The number of imidazole rings is 1. The number of nitrogens with zero attached hydrogens (tertiary/aromatic N) is 3. The number of anilines is 1. The first kappa shape index (κ1) is 31.5. The standard InChI is InChI=1S/C28H28ClF7N4O3/c1-16(18-12-19(27(31,32)33)14-20(13-18)28(34,35)36)43-25-23(17-2-4-21(30)5-3-17)40(8-11-42-25)24-22(37-26(29)38-24)15-39-6-9-41-10-7-39/h2-5,12-14,16,23,25H,6-11,15H2,1H3,(H,37,38). The van der Waals surface area contributed by atoms with Gasteiger partial charge in [0, 0.05) is 26.2 Å². The Bertz CT molecular complexity index is 1360. The van der Waals surface area contributed by atoms with E-state index in [0.717, 1.165) is 0 Å². The van der Waals surface area contributed by atoms with Crippen LogP contribution in [0.4, 0.5) is 36.6 Å². The monoisotopic (exact) mass is 636 g/mol.